The van der Waals surface area contributed by atoms with Crippen molar-refractivity contribution in [3.8, 4) is 11.5 Å². The molecule has 0 amide bonds. The lowest BCUT2D eigenvalue weighted by molar-refractivity contribution is -0.152. The molecule has 0 aliphatic carbocycles. The average molecular weight is 295 g/mol. The Morgan fingerprint density at radius 3 is 2.75 bits per heavy atom. The smallest absolute Gasteiger partial charge is 0.334 e. The summed E-state index contributed by atoms with van der Waals surface area (Å²) in [5, 5.41) is 19.7. The van der Waals surface area contributed by atoms with E-state index in [0.29, 0.717) is 16.4 Å². The minimum Gasteiger partial charge on any atom is -0.508 e. The Morgan fingerprint density at radius 2 is 2.15 bits per heavy atom. The number of rotatable bonds is 3. The zero-order valence-electron chi connectivity index (χ0n) is 11.6. The molecule has 1 aromatic carbocycles. The predicted molar refractivity (Wildman–Crippen MR) is 78.4 cm³/mol. The molecule has 0 saturated heterocycles. The number of carbonyl (C=O) groups is 1. The van der Waals surface area contributed by atoms with E-state index in [2.05, 4.69) is 4.99 Å². The van der Waals surface area contributed by atoms with E-state index < -0.39 is 5.54 Å². The molecule has 2 N–H and O–H groups in total. The Balaban J connectivity index is 2.27. The van der Waals surface area contributed by atoms with Gasteiger partial charge in [0, 0.05) is 17.4 Å². The van der Waals surface area contributed by atoms with Gasteiger partial charge in [-0.25, -0.2) is 4.79 Å². The van der Waals surface area contributed by atoms with Gasteiger partial charge in [0.1, 0.15) is 16.5 Å². The number of hydrogen-bond acceptors (Lipinski definition) is 6. The maximum Gasteiger partial charge on any atom is 0.334 e. The van der Waals surface area contributed by atoms with Crippen LogP contribution in [0, 0.1) is 0 Å². The van der Waals surface area contributed by atoms with Crippen molar-refractivity contribution in [3.05, 3.63) is 23.8 Å². The zero-order chi connectivity index (χ0) is 14.9. The molecule has 0 bridgehead atoms. The molecule has 2 rings (SSSR count). The molecule has 0 aromatic heterocycles. The summed E-state index contributed by atoms with van der Waals surface area (Å²) in [7, 11) is 0. The summed E-state index contributed by atoms with van der Waals surface area (Å²) in [5.41, 5.74) is -0.428. The summed E-state index contributed by atoms with van der Waals surface area (Å²) in [4.78, 5) is 16.4. The highest BCUT2D eigenvalue weighted by Crippen LogP contribution is 2.35. The molecule has 6 heteroatoms. The second kappa shape index (κ2) is 5.36. The first kappa shape index (κ1) is 14.7. The highest BCUT2D eigenvalue weighted by molar-refractivity contribution is 8.14. The van der Waals surface area contributed by atoms with Crippen LogP contribution in [-0.4, -0.2) is 38.6 Å². The minimum absolute atomic E-state index is 0.0168. The van der Waals surface area contributed by atoms with Gasteiger partial charge in [0.15, 0.2) is 5.54 Å². The fraction of sp³-hybridized carbons (Fsp3) is 0.429. The van der Waals surface area contributed by atoms with Crippen molar-refractivity contribution in [1.82, 2.24) is 0 Å². The highest BCUT2D eigenvalue weighted by Gasteiger charge is 2.40. The van der Waals surface area contributed by atoms with E-state index >= 15 is 0 Å². The number of aliphatic imine (C=N–C) groups is 1. The van der Waals surface area contributed by atoms with Crippen LogP contribution in [-0.2, 0) is 9.53 Å². The molecular formula is C14H17NO4S. The summed E-state index contributed by atoms with van der Waals surface area (Å²) < 4.78 is 5.21. The van der Waals surface area contributed by atoms with E-state index in [1.54, 1.807) is 26.8 Å². The van der Waals surface area contributed by atoms with Crippen LogP contribution in [0.3, 0.4) is 0 Å². The number of thioether (sulfide) groups is 1. The topological polar surface area (TPSA) is 79.1 Å². The van der Waals surface area contributed by atoms with E-state index in [4.69, 9.17) is 4.74 Å². The number of carbonyl (C=O) groups excluding carboxylic acids is 1. The summed E-state index contributed by atoms with van der Waals surface area (Å²) >= 11 is 1.39. The number of phenolic OH excluding ortho intramolecular Hbond substituents is 2. The van der Waals surface area contributed by atoms with Gasteiger partial charge >= 0.3 is 5.97 Å². The van der Waals surface area contributed by atoms with Crippen LogP contribution in [0.4, 0.5) is 0 Å². The number of aromatic hydroxyl groups is 2. The number of hydrogen-bond donors (Lipinski definition) is 2. The SMILES string of the molecule is CC(C)OC(=O)[C@@]1(C)CSC(c2ccc(O)cc2O)=N1. The maximum absolute atomic E-state index is 12.0. The van der Waals surface area contributed by atoms with Crippen LogP contribution in [0.15, 0.2) is 23.2 Å². The molecule has 1 aliphatic rings. The number of benzene rings is 1. The van der Waals surface area contributed by atoms with Gasteiger partial charge in [-0.1, -0.05) is 0 Å². The quantitative estimate of drug-likeness (QED) is 0.836. The number of ether oxygens (including phenoxy) is 1. The third-order valence-corrected chi connectivity index (χ3v) is 4.12. The van der Waals surface area contributed by atoms with Crippen molar-refractivity contribution < 1.29 is 19.7 Å². The number of esters is 1. The van der Waals surface area contributed by atoms with Crippen LogP contribution in [0.5, 0.6) is 11.5 Å². The van der Waals surface area contributed by atoms with E-state index in [1.165, 1.54) is 23.9 Å². The van der Waals surface area contributed by atoms with Gasteiger partial charge < -0.3 is 14.9 Å². The Labute approximate surface area is 121 Å². The van der Waals surface area contributed by atoms with Gasteiger partial charge in [-0.05, 0) is 32.9 Å². The van der Waals surface area contributed by atoms with Crippen molar-refractivity contribution >= 4 is 22.8 Å². The lowest BCUT2D eigenvalue weighted by Gasteiger charge is -2.19. The molecular weight excluding hydrogens is 278 g/mol. The molecule has 0 fully saturated rings. The van der Waals surface area contributed by atoms with E-state index in [0.717, 1.165) is 0 Å². The first-order valence-corrected chi connectivity index (χ1v) is 7.26. The lowest BCUT2D eigenvalue weighted by atomic mass is 10.1. The minimum atomic E-state index is -0.936. The van der Waals surface area contributed by atoms with Gasteiger partial charge in [0.25, 0.3) is 0 Å². The van der Waals surface area contributed by atoms with Crippen molar-refractivity contribution in [2.45, 2.75) is 32.4 Å². The molecule has 1 aromatic rings. The molecule has 108 valence electrons. The Bertz CT molecular complexity index is 570. The standard InChI is InChI=1S/C14H17NO4S/c1-8(2)19-13(18)14(3)7-20-12(15-14)10-5-4-9(16)6-11(10)17/h4-6,8,16-17H,7H2,1-3H3/t14-/m1/s1. The molecule has 0 radical (unpaired) electrons. The molecule has 1 heterocycles. The Morgan fingerprint density at radius 1 is 1.45 bits per heavy atom. The van der Waals surface area contributed by atoms with Gasteiger partial charge in [0.2, 0.25) is 0 Å². The largest absolute Gasteiger partial charge is 0.508 e. The van der Waals surface area contributed by atoms with Crippen LogP contribution in [0.2, 0.25) is 0 Å². The molecule has 20 heavy (non-hydrogen) atoms. The Hall–Kier alpha value is -1.69. The van der Waals surface area contributed by atoms with Crippen molar-refractivity contribution in [3.63, 3.8) is 0 Å². The van der Waals surface area contributed by atoms with Crippen molar-refractivity contribution in [1.29, 1.82) is 0 Å². The van der Waals surface area contributed by atoms with Crippen LogP contribution < -0.4 is 0 Å². The van der Waals surface area contributed by atoms with Crippen LogP contribution >= 0.6 is 11.8 Å². The van der Waals surface area contributed by atoms with E-state index in [9.17, 15) is 15.0 Å². The van der Waals surface area contributed by atoms with Gasteiger partial charge in [-0.15, -0.1) is 11.8 Å². The molecule has 5 nitrogen and oxygen atoms in total. The second-order valence-electron chi connectivity index (χ2n) is 5.14. The van der Waals surface area contributed by atoms with E-state index in [-0.39, 0.29) is 23.6 Å². The summed E-state index contributed by atoms with van der Waals surface area (Å²) in [6.45, 7) is 5.30. The third kappa shape index (κ3) is 2.90. The first-order chi connectivity index (χ1) is 9.32. The first-order valence-electron chi connectivity index (χ1n) is 6.28. The number of nitrogens with zero attached hydrogens (tertiary/aromatic N) is 1. The molecule has 0 spiro atoms. The van der Waals surface area contributed by atoms with Crippen LogP contribution in [0.1, 0.15) is 26.3 Å². The van der Waals surface area contributed by atoms with E-state index in [1.807, 2.05) is 0 Å². The monoisotopic (exact) mass is 295 g/mol. The summed E-state index contributed by atoms with van der Waals surface area (Å²) in [6, 6.07) is 4.30. The molecule has 0 unspecified atom stereocenters. The average Bonchev–Trinajstić information content (AvgIpc) is 2.72. The van der Waals surface area contributed by atoms with Crippen molar-refractivity contribution in [2.24, 2.45) is 4.99 Å². The highest BCUT2D eigenvalue weighted by atomic mass is 32.2. The fourth-order valence-corrected chi connectivity index (χ4v) is 2.98. The van der Waals surface area contributed by atoms with Gasteiger partial charge in [-0.3, -0.25) is 4.99 Å². The fourth-order valence-electron chi connectivity index (χ4n) is 1.78. The molecule has 0 saturated carbocycles. The lowest BCUT2D eigenvalue weighted by Crippen LogP contribution is -2.37. The second-order valence-corrected chi connectivity index (χ2v) is 6.10. The van der Waals surface area contributed by atoms with Gasteiger partial charge in [0.05, 0.1) is 6.10 Å². The maximum atomic E-state index is 12.0. The third-order valence-electron chi connectivity index (χ3n) is 2.83. The van der Waals surface area contributed by atoms with Gasteiger partial charge in [-0.2, -0.15) is 0 Å². The Kier molecular flexibility index (Phi) is 3.94. The summed E-state index contributed by atoms with van der Waals surface area (Å²) in [6.07, 6.45) is -0.189. The molecule has 1 atom stereocenters. The number of phenols is 2. The normalized spacial score (nSPS) is 21.9. The molecule has 1 aliphatic heterocycles. The predicted octanol–water partition coefficient (Wildman–Crippen LogP) is 2.30. The van der Waals surface area contributed by atoms with Crippen LogP contribution in [0.25, 0.3) is 0 Å². The van der Waals surface area contributed by atoms with Crippen molar-refractivity contribution in [2.75, 3.05) is 5.75 Å². The summed E-state index contributed by atoms with van der Waals surface area (Å²) in [5.74, 6) is 0.0246. The zero-order valence-corrected chi connectivity index (χ0v) is 12.4.